The maximum Gasteiger partial charge on any atom is 0.310 e. The van der Waals surface area contributed by atoms with E-state index < -0.39 is 17.4 Å². The van der Waals surface area contributed by atoms with E-state index in [4.69, 9.17) is 15.6 Å². The lowest BCUT2D eigenvalue weighted by Crippen LogP contribution is -2.36. The molecule has 4 heteroatoms. The minimum Gasteiger partial charge on any atom is -0.481 e. The Morgan fingerprint density at radius 3 is 2.61 bits per heavy atom. The van der Waals surface area contributed by atoms with Crippen LogP contribution in [0.5, 0.6) is 0 Å². The maximum atomic E-state index is 11.1. The van der Waals surface area contributed by atoms with Crippen LogP contribution in [0.2, 0.25) is 0 Å². The zero-order valence-electron chi connectivity index (χ0n) is 10.6. The predicted molar refractivity (Wildman–Crippen MR) is 68.4 cm³/mol. The molecule has 3 N–H and O–H groups in total. The minimum absolute atomic E-state index is 0.413. The Bertz CT molecular complexity index is 421. The van der Waals surface area contributed by atoms with Crippen molar-refractivity contribution in [3.05, 3.63) is 35.4 Å². The fraction of sp³-hybridized carbons (Fsp3) is 0.500. The quantitative estimate of drug-likeness (QED) is 0.854. The third-order valence-electron chi connectivity index (χ3n) is 3.65. The molecule has 2 rings (SSSR count). The van der Waals surface area contributed by atoms with Crippen molar-refractivity contribution in [1.82, 2.24) is 0 Å². The summed E-state index contributed by atoms with van der Waals surface area (Å²) in [6, 6.07) is 7.58. The second-order valence-electron chi connectivity index (χ2n) is 4.88. The molecule has 0 radical (unpaired) electrons. The van der Waals surface area contributed by atoms with E-state index in [2.05, 4.69) is 0 Å². The fourth-order valence-electron chi connectivity index (χ4n) is 2.41. The minimum atomic E-state index is -0.781. The first kappa shape index (κ1) is 13.1. The van der Waals surface area contributed by atoms with Crippen LogP contribution in [0.15, 0.2) is 24.3 Å². The van der Waals surface area contributed by atoms with Crippen molar-refractivity contribution in [1.29, 1.82) is 0 Å². The third-order valence-corrected chi connectivity index (χ3v) is 3.65. The van der Waals surface area contributed by atoms with Crippen LogP contribution in [0.3, 0.4) is 0 Å². The normalized spacial score (nSPS) is 25.0. The van der Waals surface area contributed by atoms with Crippen LogP contribution in [-0.2, 0) is 15.1 Å². The molecule has 4 nitrogen and oxygen atoms in total. The van der Waals surface area contributed by atoms with Crippen molar-refractivity contribution in [3.63, 3.8) is 0 Å². The summed E-state index contributed by atoms with van der Waals surface area (Å²) in [6.45, 7) is 3.09. The second-order valence-corrected chi connectivity index (χ2v) is 4.88. The fourth-order valence-corrected chi connectivity index (χ4v) is 2.41. The number of carboxylic acid groups (broad SMARTS) is 1. The zero-order chi connectivity index (χ0) is 13.2. The van der Waals surface area contributed by atoms with Gasteiger partial charge in [-0.05, 0) is 24.0 Å². The molecule has 1 heterocycles. The summed E-state index contributed by atoms with van der Waals surface area (Å²) in [7, 11) is 0. The number of ether oxygens (including phenoxy) is 1. The van der Waals surface area contributed by atoms with Gasteiger partial charge in [-0.2, -0.15) is 0 Å². The van der Waals surface area contributed by atoms with E-state index in [0.717, 1.165) is 17.5 Å². The van der Waals surface area contributed by atoms with Crippen molar-refractivity contribution < 1.29 is 14.6 Å². The first-order valence-electron chi connectivity index (χ1n) is 6.26. The molecular formula is C14H19NO3. The lowest BCUT2D eigenvalue weighted by atomic mass is 9.88. The van der Waals surface area contributed by atoms with Crippen LogP contribution in [-0.4, -0.2) is 24.3 Å². The first-order valence-corrected chi connectivity index (χ1v) is 6.26. The van der Waals surface area contributed by atoms with E-state index in [0.29, 0.717) is 19.6 Å². The van der Waals surface area contributed by atoms with Crippen molar-refractivity contribution >= 4 is 5.97 Å². The maximum absolute atomic E-state index is 11.1. The summed E-state index contributed by atoms with van der Waals surface area (Å²) in [5.41, 5.74) is 7.69. The zero-order valence-corrected chi connectivity index (χ0v) is 10.6. The van der Waals surface area contributed by atoms with Gasteiger partial charge in [-0.15, -0.1) is 0 Å². The number of hydrogen-bond acceptors (Lipinski definition) is 3. The van der Waals surface area contributed by atoms with Crippen LogP contribution in [0, 0.1) is 0 Å². The number of benzene rings is 1. The van der Waals surface area contributed by atoms with Gasteiger partial charge in [0, 0.05) is 6.61 Å². The average molecular weight is 249 g/mol. The van der Waals surface area contributed by atoms with Gasteiger partial charge >= 0.3 is 5.97 Å². The smallest absolute Gasteiger partial charge is 0.310 e. The molecule has 1 aromatic rings. The summed E-state index contributed by atoms with van der Waals surface area (Å²) in [5, 5.41) is 9.11. The Hall–Kier alpha value is -1.39. The van der Waals surface area contributed by atoms with Gasteiger partial charge in [0.15, 0.2) is 0 Å². The van der Waals surface area contributed by atoms with Gasteiger partial charge in [0.2, 0.25) is 0 Å². The highest BCUT2D eigenvalue weighted by atomic mass is 16.5. The van der Waals surface area contributed by atoms with E-state index >= 15 is 0 Å². The number of hydrogen-bond donors (Lipinski definition) is 2. The van der Waals surface area contributed by atoms with Crippen LogP contribution in [0.25, 0.3) is 0 Å². The molecule has 0 amide bonds. The predicted octanol–water partition coefficient (Wildman–Crippen LogP) is 1.84. The second kappa shape index (κ2) is 5.08. The highest BCUT2D eigenvalue weighted by Gasteiger charge is 2.32. The van der Waals surface area contributed by atoms with E-state index in [-0.39, 0.29) is 0 Å². The lowest BCUT2D eigenvalue weighted by molar-refractivity contribution is -0.138. The summed E-state index contributed by atoms with van der Waals surface area (Å²) in [4.78, 5) is 11.1. The van der Waals surface area contributed by atoms with E-state index in [1.54, 1.807) is 0 Å². The van der Waals surface area contributed by atoms with E-state index in [1.807, 2.05) is 31.2 Å². The number of aliphatic carboxylic acids is 1. The van der Waals surface area contributed by atoms with Gasteiger partial charge < -0.3 is 15.6 Å². The summed E-state index contributed by atoms with van der Waals surface area (Å²) >= 11 is 0. The van der Waals surface area contributed by atoms with Crippen LogP contribution in [0.4, 0.5) is 0 Å². The average Bonchev–Trinajstić information content (AvgIpc) is 2.79. The summed E-state index contributed by atoms with van der Waals surface area (Å²) in [6.07, 6.45) is 1.40. The number of carbonyl (C=O) groups is 1. The lowest BCUT2D eigenvalue weighted by Gasteiger charge is -2.23. The molecule has 1 saturated heterocycles. The molecule has 0 aromatic heterocycles. The SMILES string of the molecule is CCC(C(=O)O)c1ccc(C2(N)CCOC2)cc1. The molecular weight excluding hydrogens is 230 g/mol. The molecule has 98 valence electrons. The van der Waals surface area contributed by atoms with Crippen molar-refractivity contribution in [2.75, 3.05) is 13.2 Å². The van der Waals surface area contributed by atoms with Crippen molar-refractivity contribution in [3.8, 4) is 0 Å². The van der Waals surface area contributed by atoms with Crippen molar-refractivity contribution in [2.45, 2.75) is 31.2 Å². The van der Waals surface area contributed by atoms with Gasteiger partial charge in [0.25, 0.3) is 0 Å². The Balaban J connectivity index is 2.22. The Morgan fingerprint density at radius 1 is 1.50 bits per heavy atom. The number of carboxylic acids is 1. The van der Waals surface area contributed by atoms with Gasteiger partial charge in [-0.3, -0.25) is 4.79 Å². The van der Waals surface area contributed by atoms with Gasteiger partial charge in [-0.1, -0.05) is 31.2 Å². The molecule has 1 aliphatic rings. The topological polar surface area (TPSA) is 72.5 Å². The highest BCUT2D eigenvalue weighted by Crippen LogP contribution is 2.29. The van der Waals surface area contributed by atoms with Gasteiger partial charge in [0.1, 0.15) is 0 Å². The summed E-state index contributed by atoms with van der Waals surface area (Å²) < 4.78 is 5.33. The molecule has 1 fully saturated rings. The molecule has 0 spiro atoms. The van der Waals surface area contributed by atoms with E-state index in [9.17, 15) is 4.79 Å². The molecule has 0 aliphatic carbocycles. The van der Waals surface area contributed by atoms with Crippen molar-refractivity contribution in [2.24, 2.45) is 5.73 Å². The molecule has 2 atom stereocenters. The molecule has 0 bridgehead atoms. The summed E-state index contributed by atoms with van der Waals surface area (Å²) in [5.74, 6) is -1.22. The van der Waals surface area contributed by atoms with Gasteiger partial charge in [-0.25, -0.2) is 0 Å². The van der Waals surface area contributed by atoms with E-state index in [1.165, 1.54) is 0 Å². The van der Waals surface area contributed by atoms with Crippen LogP contribution < -0.4 is 5.73 Å². The largest absolute Gasteiger partial charge is 0.481 e. The van der Waals surface area contributed by atoms with Crippen LogP contribution >= 0.6 is 0 Å². The number of rotatable bonds is 4. The Labute approximate surface area is 107 Å². The Kier molecular flexibility index (Phi) is 3.68. The first-order chi connectivity index (χ1) is 8.57. The highest BCUT2D eigenvalue weighted by molar-refractivity contribution is 5.76. The molecule has 2 unspecified atom stereocenters. The molecule has 1 aliphatic heterocycles. The molecule has 1 aromatic carbocycles. The number of nitrogens with two attached hydrogens (primary N) is 1. The van der Waals surface area contributed by atoms with Gasteiger partial charge in [0.05, 0.1) is 18.1 Å². The molecule has 0 saturated carbocycles. The molecule has 18 heavy (non-hydrogen) atoms. The Morgan fingerprint density at radius 2 is 2.17 bits per heavy atom. The third kappa shape index (κ3) is 2.40. The van der Waals surface area contributed by atoms with Crippen LogP contribution in [0.1, 0.15) is 36.8 Å². The standard InChI is InChI=1S/C14H19NO3/c1-2-12(13(16)17)10-3-5-11(6-4-10)14(15)7-8-18-9-14/h3-6,12H,2,7-9,15H2,1H3,(H,16,17). The monoisotopic (exact) mass is 249 g/mol.